The molecule has 84 heavy (non-hydrogen) atoms. The first-order valence-corrected chi connectivity index (χ1v) is 27.6. The van der Waals surface area contributed by atoms with E-state index in [4.69, 9.17) is 27.8 Å². The molecule has 0 aliphatic carbocycles. The standard InChI is InChI=1S/C76H44N6S2/c77-45-53-44-60(76-79-74(49-26-12-4-13-27-49)78-75(80-76)50-28-14-5-15-29-50)71(82-62-39-35-52(47-22-8-2-9-23-47)43-59(62)69-64(82)41-37-57-55-31-17-19-33-66(55)84-73(57)69)67(48-24-10-3-11-25-48)70(53)81-61-38-34-51(46-20-6-1-7-21-46)42-58(61)68-63(81)40-36-56-54-30-16-18-32-65(54)83-72(56)68/h1-44H/i1D,2D,3D,4D,5D,6D,7D,8D,9D,10D,11D,12D,13D,14D,15D,20D,21D,22D,23D,24D,25D,26D,27D,28D,29D. The van der Waals surface area contributed by atoms with Gasteiger partial charge in [-0.3, -0.25) is 0 Å². The first-order chi connectivity index (χ1) is 52.0. The number of thiophene rings is 2. The predicted octanol–water partition coefficient (Wildman–Crippen LogP) is 20.7. The van der Waals surface area contributed by atoms with Gasteiger partial charge in [0, 0.05) is 84.1 Å². The van der Waals surface area contributed by atoms with Crippen LogP contribution in [0.1, 0.15) is 39.8 Å². The molecule has 0 aliphatic rings. The number of benzene rings is 12. The fraction of sp³-hybridized carbons (Fsp3) is 0. The summed E-state index contributed by atoms with van der Waals surface area (Å²) >= 11 is 2.77. The van der Waals surface area contributed by atoms with E-state index in [0.29, 0.717) is 36.5 Å². The van der Waals surface area contributed by atoms with E-state index in [1.165, 1.54) is 40.9 Å². The van der Waals surface area contributed by atoms with Gasteiger partial charge in [-0.15, -0.1) is 22.7 Å². The molecular formula is C76H44N6S2. The van der Waals surface area contributed by atoms with Gasteiger partial charge >= 0.3 is 0 Å². The van der Waals surface area contributed by atoms with Gasteiger partial charge in [0.15, 0.2) is 17.5 Å². The van der Waals surface area contributed by atoms with Crippen LogP contribution in [0.4, 0.5) is 0 Å². The van der Waals surface area contributed by atoms with Crippen LogP contribution in [0.3, 0.4) is 0 Å². The van der Waals surface area contributed by atoms with Crippen molar-refractivity contribution in [1.82, 2.24) is 24.1 Å². The van der Waals surface area contributed by atoms with Gasteiger partial charge in [-0.25, -0.2) is 15.0 Å². The molecule has 17 rings (SSSR count). The van der Waals surface area contributed by atoms with Gasteiger partial charge in [0.25, 0.3) is 0 Å². The molecule has 0 saturated carbocycles. The summed E-state index contributed by atoms with van der Waals surface area (Å²) in [5.41, 5.74) is -2.47. The smallest absolute Gasteiger partial charge is 0.166 e. The SMILES string of the molecule is [2H]c1c([2H])c([2H])c(-c2ccc3c(c2)c2c4sc5ccccc5c4ccc2n3-c2c(C#N)cc(-c3nc(-c4c([2H])c([2H])c([2H])c([2H])c4[2H])nc(-c4c([2H])c([2H])c([2H])c([2H])c4[2H])n3)c(-n3c4ccc(-c5c([2H])c([2H])c([2H])c([2H])c5[2H])cc4c4c5sc6ccccc6c5ccc43)c2-c2c([2H])c([2H])c([2H])c([2H])c2[2H])c([2H])c1[2H]. The van der Waals surface area contributed by atoms with Crippen LogP contribution in [0.15, 0.2) is 266 Å². The molecular weight excluding hydrogens is 1060 g/mol. The molecule has 0 saturated heterocycles. The first kappa shape index (κ1) is 29.2. The molecule has 0 aliphatic heterocycles. The maximum atomic E-state index is 12.5. The number of rotatable bonds is 8. The Hall–Kier alpha value is -10.8. The fourth-order valence-corrected chi connectivity index (χ4v) is 14.1. The van der Waals surface area contributed by atoms with Crippen molar-refractivity contribution in [3.63, 3.8) is 0 Å². The van der Waals surface area contributed by atoms with Crippen molar-refractivity contribution in [3.05, 3.63) is 272 Å². The third-order valence-electron chi connectivity index (χ3n) is 15.0. The Morgan fingerprint density at radius 3 is 1.23 bits per heavy atom. The van der Waals surface area contributed by atoms with Crippen molar-refractivity contribution in [2.24, 2.45) is 0 Å². The Kier molecular flexibility index (Phi) is 6.67. The molecule has 6 nitrogen and oxygen atoms in total. The number of nitriles is 1. The van der Waals surface area contributed by atoms with Crippen LogP contribution in [0.25, 0.3) is 163 Å². The Morgan fingerprint density at radius 2 is 0.762 bits per heavy atom. The van der Waals surface area contributed by atoms with Crippen LogP contribution in [0.5, 0.6) is 0 Å². The molecule has 8 heteroatoms. The minimum atomic E-state index is -0.862. The summed E-state index contributed by atoms with van der Waals surface area (Å²) in [5.74, 6) is -2.09. The van der Waals surface area contributed by atoms with E-state index in [-0.39, 0.29) is 66.9 Å². The Morgan fingerprint density at radius 1 is 0.357 bits per heavy atom. The molecule has 0 N–H and O–H groups in total. The third kappa shape index (κ3) is 7.43. The molecule has 0 amide bonds. The zero-order valence-corrected chi connectivity index (χ0v) is 44.6. The van der Waals surface area contributed by atoms with Crippen molar-refractivity contribution in [2.75, 3.05) is 0 Å². The highest BCUT2D eigenvalue weighted by atomic mass is 32.1. The molecule has 0 spiro atoms. The summed E-state index contributed by atoms with van der Waals surface area (Å²) in [7, 11) is 0. The number of hydrogen-bond acceptors (Lipinski definition) is 6. The summed E-state index contributed by atoms with van der Waals surface area (Å²) in [6.45, 7) is 0. The van der Waals surface area contributed by atoms with Crippen molar-refractivity contribution in [2.45, 2.75) is 0 Å². The lowest BCUT2D eigenvalue weighted by molar-refractivity contribution is 1.06. The molecule has 5 aromatic heterocycles. The zero-order chi connectivity index (χ0) is 77.2. The van der Waals surface area contributed by atoms with Crippen LogP contribution in [0.2, 0.25) is 0 Å². The summed E-state index contributed by atoms with van der Waals surface area (Å²) < 4.78 is 235. The average Bonchev–Trinajstić information content (AvgIpc) is 1.58. The summed E-state index contributed by atoms with van der Waals surface area (Å²) in [6, 6.07) is 16.9. The minimum absolute atomic E-state index is 0.137. The van der Waals surface area contributed by atoms with Crippen LogP contribution < -0.4 is 0 Å². The zero-order valence-electron chi connectivity index (χ0n) is 68.0. The Bertz CT molecular complexity index is 6930. The maximum Gasteiger partial charge on any atom is 0.166 e. The quantitative estimate of drug-likeness (QED) is 0.152. The summed E-state index contributed by atoms with van der Waals surface area (Å²) in [4.78, 5) is 14.5. The number of aromatic nitrogens is 5. The van der Waals surface area contributed by atoms with E-state index in [1.54, 1.807) is 45.5 Å². The van der Waals surface area contributed by atoms with E-state index < -0.39 is 185 Å². The summed E-state index contributed by atoms with van der Waals surface area (Å²) in [5, 5.41) is 17.2. The molecule has 0 fully saturated rings. The molecule has 17 aromatic rings. The Labute approximate surface area is 525 Å². The molecule has 0 radical (unpaired) electrons. The van der Waals surface area contributed by atoms with Crippen LogP contribution in [-0.4, -0.2) is 24.1 Å². The van der Waals surface area contributed by atoms with Crippen LogP contribution >= 0.6 is 22.7 Å². The van der Waals surface area contributed by atoms with Crippen molar-refractivity contribution in [1.29, 1.82) is 5.26 Å². The lowest BCUT2D eigenvalue weighted by atomic mass is 9.93. The number of fused-ring (bicyclic) bond motifs is 14. The predicted molar refractivity (Wildman–Crippen MR) is 352 cm³/mol. The van der Waals surface area contributed by atoms with Gasteiger partial charge in [0.1, 0.15) is 6.07 Å². The minimum Gasteiger partial charge on any atom is -0.308 e. The van der Waals surface area contributed by atoms with E-state index in [0.717, 1.165) is 30.9 Å². The normalized spacial score (nSPS) is 16.0. The molecule has 0 atom stereocenters. The van der Waals surface area contributed by atoms with Crippen molar-refractivity contribution >= 4 is 107 Å². The average molecular weight is 1130 g/mol. The second kappa shape index (κ2) is 19.2. The van der Waals surface area contributed by atoms with Gasteiger partial charge in [0.2, 0.25) is 0 Å². The van der Waals surface area contributed by atoms with E-state index in [2.05, 4.69) is 11.1 Å². The highest BCUT2D eigenvalue weighted by molar-refractivity contribution is 7.27. The monoisotopic (exact) mass is 1130 g/mol. The first-order valence-electron chi connectivity index (χ1n) is 38.5. The largest absolute Gasteiger partial charge is 0.308 e. The van der Waals surface area contributed by atoms with Gasteiger partial charge < -0.3 is 9.13 Å². The van der Waals surface area contributed by atoms with Crippen LogP contribution in [0, 0.1) is 11.3 Å². The van der Waals surface area contributed by atoms with Crippen molar-refractivity contribution < 1.29 is 34.3 Å². The summed E-state index contributed by atoms with van der Waals surface area (Å²) in [6.07, 6.45) is 0. The lowest BCUT2D eigenvalue weighted by Crippen LogP contribution is -2.10. The molecule has 5 heterocycles. The maximum absolute atomic E-state index is 12.5. The third-order valence-corrected chi connectivity index (χ3v) is 17.4. The molecule has 12 aromatic carbocycles. The topological polar surface area (TPSA) is 72.3 Å². The highest BCUT2D eigenvalue weighted by Crippen LogP contribution is 2.52. The van der Waals surface area contributed by atoms with Gasteiger partial charge in [0.05, 0.1) is 73.3 Å². The number of nitrogens with zero attached hydrogens (tertiary/aromatic N) is 6. The van der Waals surface area contributed by atoms with E-state index in [9.17, 15) is 21.7 Å². The van der Waals surface area contributed by atoms with E-state index in [1.807, 2.05) is 60.7 Å². The van der Waals surface area contributed by atoms with Gasteiger partial charge in [-0.1, -0.05) is 212 Å². The van der Waals surface area contributed by atoms with E-state index >= 15 is 0 Å². The van der Waals surface area contributed by atoms with Crippen molar-refractivity contribution in [3.8, 4) is 85.0 Å². The molecule has 0 unspecified atom stereocenters. The number of hydrogen-bond donors (Lipinski definition) is 0. The second-order valence-corrected chi connectivity index (χ2v) is 21.6. The Balaban J connectivity index is 1.15. The lowest BCUT2D eigenvalue weighted by Gasteiger charge is -2.24. The molecule has 390 valence electrons. The van der Waals surface area contributed by atoms with Gasteiger partial charge in [-0.05, 0) is 82.4 Å². The van der Waals surface area contributed by atoms with Gasteiger partial charge in [-0.2, -0.15) is 5.26 Å². The van der Waals surface area contributed by atoms with Crippen LogP contribution in [-0.2, 0) is 0 Å². The second-order valence-electron chi connectivity index (χ2n) is 19.5. The highest BCUT2D eigenvalue weighted by Gasteiger charge is 2.31. The molecule has 0 bridgehead atoms. The fourth-order valence-electron chi connectivity index (χ4n) is 11.6.